The summed E-state index contributed by atoms with van der Waals surface area (Å²) in [5, 5.41) is 1.32. The minimum absolute atomic E-state index is 0.922. The van der Waals surface area contributed by atoms with E-state index in [4.69, 9.17) is 0 Å². The smallest absolute Gasteiger partial charge is 0.0486 e. The van der Waals surface area contributed by atoms with Gasteiger partial charge in [0.1, 0.15) is 0 Å². The fourth-order valence-electron chi connectivity index (χ4n) is 3.19. The zero-order valence-electron chi connectivity index (χ0n) is 16.6. The van der Waals surface area contributed by atoms with E-state index in [1.165, 1.54) is 54.3 Å². The van der Waals surface area contributed by atoms with Crippen molar-refractivity contribution >= 4 is 22.8 Å². The molecule has 0 aliphatic rings. The Morgan fingerprint density at radius 2 is 1.68 bits per heavy atom. The summed E-state index contributed by atoms with van der Waals surface area (Å²) in [7, 11) is 2.12. The Hall–Kier alpha value is -1.77. The van der Waals surface area contributed by atoms with Gasteiger partial charge >= 0.3 is 0 Å². The van der Waals surface area contributed by atoms with Gasteiger partial charge in [-0.05, 0) is 37.5 Å². The number of unbranched alkanes of at least 4 members (excludes halogenated alkanes) is 3. The van der Waals surface area contributed by atoms with Crippen LogP contribution in [0.1, 0.15) is 64.9 Å². The third kappa shape index (κ3) is 5.35. The number of fused-ring (bicyclic) bond motifs is 1. The number of benzene rings is 1. The highest BCUT2D eigenvalue weighted by molar-refractivity contribution is 6.00. The summed E-state index contributed by atoms with van der Waals surface area (Å²) in [6.45, 7) is 9.96. The minimum atomic E-state index is 0.922. The second-order valence-corrected chi connectivity index (χ2v) is 6.98. The Bertz CT molecular complexity index is 661. The van der Waals surface area contributed by atoms with Crippen LogP contribution in [0.15, 0.2) is 29.4 Å². The molecule has 3 nitrogen and oxygen atoms in total. The molecule has 1 aromatic heterocycles. The van der Waals surface area contributed by atoms with E-state index in [-0.39, 0.29) is 0 Å². The van der Waals surface area contributed by atoms with Gasteiger partial charge in [-0.2, -0.15) is 0 Å². The molecule has 3 heteroatoms. The Morgan fingerprint density at radius 3 is 2.32 bits per heavy atom. The van der Waals surface area contributed by atoms with Gasteiger partial charge in [-0.1, -0.05) is 40.0 Å². The Balaban J connectivity index is 2.29. The van der Waals surface area contributed by atoms with E-state index in [2.05, 4.69) is 72.9 Å². The normalized spacial score (nSPS) is 11.7. The van der Waals surface area contributed by atoms with Gasteiger partial charge in [-0.15, -0.1) is 0 Å². The summed E-state index contributed by atoms with van der Waals surface area (Å²) in [5.74, 6) is 0. The van der Waals surface area contributed by atoms with Crippen molar-refractivity contribution in [1.29, 1.82) is 0 Å². The Morgan fingerprint density at radius 1 is 1.00 bits per heavy atom. The highest BCUT2D eigenvalue weighted by atomic mass is 15.1. The first-order valence-corrected chi connectivity index (χ1v) is 10.0. The van der Waals surface area contributed by atoms with Crippen LogP contribution in [-0.2, 0) is 7.05 Å². The fourth-order valence-corrected chi connectivity index (χ4v) is 3.19. The highest BCUT2D eigenvalue weighted by Crippen LogP contribution is 2.26. The molecule has 0 spiro atoms. The zero-order valence-corrected chi connectivity index (χ0v) is 16.6. The van der Waals surface area contributed by atoms with Crippen molar-refractivity contribution in [3.63, 3.8) is 0 Å². The first-order chi connectivity index (χ1) is 12.2. The number of hydrogen-bond acceptors (Lipinski definition) is 2. The van der Waals surface area contributed by atoms with Gasteiger partial charge < -0.3 is 9.47 Å². The lowest BCUT2D eigenvalue weighted by Crippen LogP contribution is -2.25. The molecular formula is C22H35N3. The maximum absolute atomic E-state index is 4.62. The lowest BCUT2D eigenvalue weighted by molar-refractivity contribution is 0.678. The molecule has 0 fully saturated rings. The topological polar surface area (TPSA) is 20.5 Å². The quantitative estimate of drug-likeness (QED) is 0.373. The molecule has 25 heavy (non-hydrogen) atoms. The number of hydrogen-bond donors (Lipinski definition) is 0. The van der Waals surface area contributed by atoms with Crippen LogP contribution in [0.2, 0.25) is 0 Å². The number of aromatic nitrogens is 1. The largest absolute Gasteiger partial charge is 0.372 e. The number of nitrogens with zero attached hydrogens (tertiary/aromatic N) is 3. The van der Waals surface area contributed by atoms with Crippen molar-refractivity contribution in [2.24, 2.45) is 12.0 Å². The third-order valence-electron chi connectivity index (χ3n) is 4.80. The van der Waals surface area contributed by atoms with E-state index in [0.717, 1.165) is 26.1 Å². The molecule has 0 aliphatic carbocycles. The van der Waals surface area contributed by atoms with Gasteiger partial charge in [0.15, 0.2) is 0 Å². The Kier molecular flexibility index (Phi) is 8.03. The second kappa shape index (κ2) is 10.3. The highest BCUT2D eigenvalue weighted by Gasteiger charge is 2.10. The molecule has 0 saturated heterocycles. The van der Waals surface area contributed by atoms with Crippen LogP contribution in [0.25, 0.3) is 10.9 Å². The molecule has 0 unspecified atom stereocenters. The lowest BCUT2D eigenvalue weighted by Gasteiger charge is -2.25. The molecule has 0 N–H and O–H groups in total. The minimum Gasteiger partial charge on any atom is -0.372 e. The van der Waals surface area contributed by atoms with Crippen molar-refractivity contribution in [3.8, 4) is 0 Å². The molecule has 0 amide bonds. The first kappa shape index (κ1) is 19.6. The summed E-state index contributed by atoms with van der Waals surface area (Å²) in [5.41, 5.74) is 3.87. The molecule has 0 radical (unpaired) electrons. The molecule has 0 atom stereocenters. The van der Waals surface area contributed by atoms with Gasteiger partial charge in [0.2, 0.25) is 0 Å². The SMILES string of the molecule is CCCC/N=C\c1cn(C)c2ccc(N(CCCC)CCCC)cc12. The first-order valence-electron chi connectivity index (χ1n) is 10.0. The van der Waals surface area contributed by atoms with E-state index in [1.807, 2.05) is 0 Å². The van der Waals surface area contributed by atoms with E-state index >= 15 is 0 Å². The summed E-state index contributed by atoms with van der Waals surface area (Å²) in [6.07, 6.45) is 11.6. The van der Waals surface area contributed by atoms with Crippen molar-refractivity contribution in [2.75, 3.05) is 24.5 Å². The zero-order chi connectivity index (χ0) is 18.1. The average Bonchev–Trinajstić information content (AvgIpc) is 2.94. The van der Waals surface area contributed by atoms with Gasteiger partial charge in [0.25, 0.3) is 0 Å². The monoisotopic (exact) mass is 341 g/mol. The van der Waals surface area contributed by atoms with Crippen LogP contribution >= 0.6 is 0 Å². The van der Waals surface area contributed by atoms with Crippen LogP contribution in [0.4, 0.5) is 5.69 Å². The summed E-state index contributed by atoms with van der Waals surface area (Å²) in [4.78, 5) is 7.17. The fraction of sp³-hybridized carbons (Fsp3) is 0.591. The van der Waals surface area contributed by atoms with Gasteiger partial charge in [-0.3, -0.25) is 4.99 Å². The van der Waals surface area contributed by atoms with Gasteiger partial charge in [0.05, 0.1) is 0 Å². The predicted octanol–water partition coefficient (Wildman–Crippen LogP) is 5.80. The van der Waals surface area contributed by atoms with Gasteiger partial charge in [-0.25, -0.2) is 0 Å². The molecule has 1 heterocycles. The van der Waals surface area contributed by atoms with Crippen molar-refractivity contribution < 1.29 is 0 Å². The molecule has 0 bridgehead atoms. The van der Waals surface area contributed by atoms with Crippen molar-refractivity contribution in [1.82, 2.24) is 4.57 Å². The van der Waals surface area contributed by atoms with Crippen molar-refractivity contribution in [3.05, 3.63) is 30.0 Å². The van der Waals surface area contributed by atoms with Crippen LogP contribution in [0.5, 0.6) is 0 Å². The molecule has 2 aromatic rings. The molecule has 0 saturated carbocycles. The van der Waals surface area contributed by atoms with Crippen LogP contribution in [0.3, 0.4) is 0 Å². The lowest BCUT2D eigenvalue weighted by atomic mass is 10.1. The van der Waals surface area contributed by atoms with Crippen LogP contribution in [-0.4, -0.2) is 30.4 Å². The second-order valence-electron chi connectivity index (χ2n) is 6.98. The summed E-state index contributed by atoms with van der Waals surface area (Å²) < 4.78 is 2.21. The van der Waals surface area contributed by atoms with E-state index in [1.54, 1.807) is 0 Å². The summed E-state index contributed by atoms with van der Waals surface area (Å²) >= 11 is 0. The van der Waals surface area contributed by atoms with Crippen molar-refractivity contribution in [2.45, 2.75) is 59.3 Å². The Labute approximate surface area is 153 Å². The molecule has 138 valence electrons. The van der Waals surface area contributed by atoms with Crippen LogP contribution in [0, 0.1) is 0 Å². The predicted molar refractivity (Wildman–Crippen MR) is 112 cm³/mol. The molecule has 0 aliphatic heterocycles. The number of rotatable bonds is 11. The standard InChI is InChI=1S/C22H35N3/c1-5-8-13-23-17-19-18-24(4)22-12-11-20(16-21(19)22)25(14-9-6-2)15-10-7-3/h11-12,16-18H,5-10,13-15H2,1-4H3/b23-17-. The molecule has 2 rings (SSSR count). The number of anilines is 1. The van der Waals surface area contributed by atoms with E-state index in [9.17, 15) is 0 Å². The maximum Gasteiger partial charge on any atom is 0.0486 e. The van der Waals surface area contributed by atoms with E-state index in [0.29, 0.717) is 0 Å². The number of aliphatic imine (C=N–C) groups is 1. The molecular weight excluding hydrogens is 306 g/mol. The maximum atomic E-state index is 4.62. The summed E-state index contributed by atoms with van der Waals surface area (Å²) in [6, 6.07) is 6.91. The van der Waals surface area contributed by atoms with E-state index < -0.39 is 0 Å². The number of aryl methyl sites for hydroxylation is 1. The molecule has 1 aromatic carbocycles. The third-order valence-corrected chi connectivity index (χ3v) is 4.80. The van der Waals surface area contributed by atoms with Gasteiger partial charge in [0, 0.05) is 61.2 Å². The van der Waals surface area contributed by atoms with Crippen LogP contribution < -0.4 is 4.90 Å². The average molecular weight is 342 g/mol.